The normalized spacial score (nSPS) is 16.7. The second-order valence-electron chi connectivity index (χ2n) is 6.57. The van der Waals surface area contributed by atoms with Gasteiger partial charge in [0.1, 0.15) is 5.75 Å². The Morgan fingerprint density at radius 3 is 2.73 bits per heavy atom. The fraction of sp³-hybridized carbons (Fsp3) is 0.450. The van der Waals surface area contributed by atoms with Crippen molar-refractivity contribution in [3.63, 3.8) is 0 Å². The van der Waals surface area contributed by atoms with Gasteiger partial charge in [-0.3, -0.25) is 9.69 Å². The van der Waals surface area contributed by atoms with Gasteiger partial charge in [0.05, 0.1) is 6.04 Å². The van der Waals surface area contributed by atoms with E-state index in [-0.39, 0.29) is 18.6 Å². The molecule has 26 heavy (non-hydrogen) atoms. The van der Waals surface area contributed by atoms with Crippen LogP contribution in [0, 0.1) is 0 Å². The number of likely N-dealkylation sites (tertiary alicyclic amines) is 1. The Morgan fingerprint density at radius 1 is 1.23 bits per heavy atom. The minimum absolute atomic E-state index is 0.00327. The number of ether oxygens (including phenoxy) is 1. The van der Waals surface area contributed by atoms with Crippen molar-refractivity contribution in [2.45, 2.75) is 31.7 Å². The highest BCUT2D eigenvalue weighted by Gasteiger charge is 2.22. The molecule has 0 radical (unpaired) electrons. The first-order chi connectivity index (χ1) is 12.7. The predicted molar refractivity (Wildman–Crippen MR) is 107 cm³/mol. The molecule has 1 amide bonds. The van der Waals surface area contributed by atoms with Crippen molar-refractivity contribution >= 4 is 28.8 Å². The van der Waals surface area contributed by atoms with Crippen LogP contribution in [-0.4, -0.2) is 37.0 Å². The Morgan fingerprint density at radius 2 is 2.04 bits per heavy atom. The molecule has 1 fully saturated rings. The minimum atomic E-state index is -0.111. The lowest BCUT2D eigenvalue weighted by Gasteiger charge is -2.30. The summed E-state index contributed by atoms with van der Waals surface area (Å²) in [6.07, 6.45) is 5.05. The number of benzene rings is 1. The number of halogens is 1. The van der Waals surface area contributed by atoms with Gasteiger partial charge < -0.3 is 10.1 Å². The summed E-state index contributed by atoms with van der Waals surface area (Å²) in [6.45, 7) is 2.79. The summed E-state index contributed by atoms with van der Waals surface area (Å²) in [5.74, 6) is 0.495. The quantitative estimate of drug-likeness (QED) is 0.753. The van der Waals surface area contributed by atoms with E-state index in [1.165, 1.54) is 31.2 Å². The van der Waals surface area contributed by atoms with Crippen LogP contribution < -0.4 is 10.1 Å². The Bertz CT molecular complexity index is 685. The predicted octanol–water partition coefficient (Wildman–Crippen LogP) is 4.51. The van der Waals surface area contributed by atoms with E-state index in [1.54, 1.807) is 29.5 Å². The van der Waals surface area contributed by atoms with Crippen molar-refractivity contribution in [2.75, 3.05) is 26.2 Å². The smallest absolute Gasteiger partial charge is 0.258 e. The Balaban J connectivity index is 1.54. The summed E-state index contributed by atoms with van der Waals surface area (Å²) in [6, 6.07) is 9.48. The van der Waals surface area contributed by atoms with E-state index in [0.717, 1.165) is 13.1 Å². The van der Waals surface area contributed by atoms with E-state index in [0.29, 0.717) is 17.3 Å². The second-order valence-corrected chi connectivity index (χ2v) is 7.79. The zero-order valence-electron chi connectivity index (χ0n) is 14.8. The zero-order valence-corrected chi connectivity index (χ0v) is 16.4. The number of amides is 1. The SMILES string of the molecule is O=C(COc1cccc(Cl)c1)NCC(c1ccsc1)N1CCCCCC1. The summed E-state index contributed by atoms with van der Waals surface area (Å²) in [4.78, 5) is 14.7. The molecule has 2 aromatic rings. The summed E-state index contributed by atoms with van der Waals surface area (Å²) in [5.41, 5.74) is 1.29. The van der Waals surface area contributed by atoms with Gasteiger partial charge in [-0.1, -0.05) is 30.5 Å². The minimum Gasteiger partial charge on any atom is -0.484 e. The second kappa shape index (κ2) is 9.95. The molecule has 1 aromatic heterocycles. The molecule has 1 aliphatic heterocycles. The molecule has 1 aliphatic rings. The molecule has 1 unspecified atom stereocenters. The lowest BCUT2D eigenvalue weighted by molar-refractivity contribution is -0.123. The van der Waals surface area contributed by atoms with Crippen LogP contribution in [0.3, 0.4) is 0 Å². The van der Waals surface area contributed by atoms with Gasteiger partial charge in [-0.2, -0.15) is 11.3 Å². The monoisotopic (exact) mass is 392 g/mol. The van der Waals surface area contributed by atoms with Gasteiger partial charge in [-0.25, -0.2) is 0 Å². The lowest BCUT2D eigenvalue weighted by atomic mass is 10.1. The fourth-order valence-electron chi connectivity index (χ4n) is 3.30. The van der Waals surface area contributed by atoms with E-state index >= 15 is 0 Å². The number of nitrogens with one attached hydrogen (secondary N) is 1. The molecule has 140 valence electrons. The molecule has 6 heteroatoms. The lowest BCUT2D eigenvalue weighted by Crippen LogP contribution is -2.40. The topological polar surface area (TPSA) is 41.6 Å². The molecule has 1 N–H and O–H groups in total. The Hall–Kier alpha value is -1.56. The van der Waals surface area contributed by atoms with E-state index in [9.17, 15) is 4.79 Å². The summed E-state index contributed by atoms with van der Waals surface area (Å²) < 4.78 is 5.53. The van der Waals surface area contributed by atoms with E-state index in [2.05, 4.69) is 27.0 Å². The van der Waals surface area contributed by atoms with Crippen molar-refractivity contribution in [2.24, 2.45) is 0 Å². The Labute approximate surface area is 164 Å². The first-order valence-corrected chi connectivity index (χ1v) is 10.5. The molecule has 1 atom stereocenters. The van der Waals surface area contributed by atoms with Gasteiger partial charge in [0.15, 0.2) is 6.61 Å². The molecule has 2 heterocycles. The zero-order chi connectivity index (χ0) is 18.2. The van der Waals surface area contributed by atoms with Gasteiger partial charge in [0.2, 0.25) is 0 Å². The van der Waals surface area contributed by atoms with E-state index in [1.807, 2.05) is 6.07 Å². The van der Waals surface area contributed by atoms with Crippen molar-refractivity contribution in [3.8, 4) is 5.75 Å². The molecular weight excluding hydrogens is 368 g/mol. The molecular formula is C20H25ClN2O2S. The fourth-order valence-corrected chi connectivity index (χ4v) is 4.18. The number of hydrogen-bond donors (Lipinski definition) is 1. The number of hydrogen-bond acceptors (Lipinski definition) is 4. The maximum atomic E-state index is 12.2. The van der Waals surface area contributed by atoms with Crippen LogP contribution in [0.1, 0.15) is 37.3 Å². The molecule has 3 rings (SSSR count). The molecule has 1 saturated heterocycles. The van der Waals surface area contributed by atoms with Gasteiger partial charge >= 0.3 is 0 Å². The third-order valence-corrected chi connectivity index (χ3v) is 5.60. The number of thiophene rings is 1. The van der Waals surface area contributed by atoms with Gasteiger partial charge in [0, 0.05) is 11.6 Å². The highest BCUT2D eigenvalue weighted by molar-refractivity contribution is 7.07. The first-order valence-electron chi connectivity index (χ1n) is 9.13. The molecule has 0 bridgehead atoms. The molecule has 4 nitrogen and oxygen atoms in total. The van der Waals surface area contributed by atoms with Gasteiger partial charge in [-0.05, 0) is 66.5 Å². The van der Waals surface area contributed by atoms with E-state index < -0.39 is 0 Å². The van der Waals surface area contributed by atoms with Crippen molar-refractivity contribution in [1.29, 1.82) is 0 Å². The van der Waals surface area contributed by atoms with Gasteiger partial charge in [-0.15, -0.1) is 0 Å². The van der Waals surface area contributed by atoms with Crippen LogP contribution in [0.2, 0.25) is 5.02 Å². The van der Waals surface area contributed by atoms with Crippen LogP contribution in [0.25, 0.3) is 0 Å². The van der Waals surface area contributed by atoms with Crippen LogP contribution in [0.15, 0.2) is 41.1 Å². The molecule has 0 spiro atoms. The average Bonchev–Trinajstić information content (AvgIpc) is 3.03. The van der Waals surface area contributed by atoms with Crippen LogP contribution in [0.4, 0.5) is 0 Å². The van der Waals surface area contributed by atoms with Crippen molar-refractivity contribution < 1.29 is 9.53 Å². The number of nitrogens with zero attached hydrogens (tertiary/aromatic N) is 1. The molecule has 0 saturated carbocycles. The number of carbonyl (C=O) groups is 1. The van der Waals surface area contributed by atoms with Crippen LogP contribution >= 0.6 is 22.9 Å². The third kappa shape index (κ3) is 5.73. The largest absolute Gasteiger partial charge is 0.484 e. The van der Waals surface area contributed by atoms with Crippen molar-refractivity contribution in [3.05, 3.63) is 51.7 Å². The molecule has 0 aliphatic carbocycles. The van der Waals surface area contributed by atoms with E-state index in [4.69, 9.17) is 16.3 Å². The van der Waals surface area contributed by atoms with Gasteiger partial charge in [0.25, 0.3) is 5.91 Å². The first kappa shape index (κ1) is 19.2. The highest BCUT2D eigenvalue weighted by Crippen LogP contribution is 2.25. The standard InChI is InChI=1S/C20H25ClN2O2S/c21-17-6-5-7-18(12-17)25-14-20(24)22-13-19(16-8-11-26-15-16)23-9-3-1-2-4-10-23/h5-8,11-12,15,19H,1-4,9-10,13-14H2,(H,22,24). The van der Waals surface area contributed by atoms with Crippen molar-refractivity contribution in [1.82, 2.24) is 10.2 Å². The third-order valence-electron chi connectivity index (χ3n) is 4.67. The van der Waals surface area contributed by atoms with Crippen LogP contribution in [-0.2, 0) is 4.79 Å². The summed E-state index contributed by atoms with van der Waals surface area (Å²) >= 11 is 7.64. The maximum absolute atomic E-state index is 12.2. The summed E-state index contributed by atoms with van der Waals surface area (Å²) in [5, 5.41) is 7.92. The maximum Gasteiger partial charge on any atom is 0.258 e. The van der Waals surface area contributed by atoms with Crippen LogP contribution in [0.5, 0.6) is 5.75 Å². The Kier molecular flexibility index (Phi) is 7.35. The molecule has 1 aromatic carbocycles. The number of carbonyl (C=O) groups excluding carboxylic acids is 1. The number of rotatable bonds is 7. The highest BCUT2D eigenvalue weighted by atomic mass is 35.5. The average molecular weight is 393 g/mol. The summed E-state index contributed by atoms with van der Waals surface area (Å²) in [7, 11) is 0.